The van der Waals surface area contributed by atoms with Crippen LogP contribution in [0, 0.1) is 0 Å². The summed E-state index contributed by atoms with van der Waals surface area (Å²) < 4.78 is 36.6. The molecule has 82 valence electrons. The molecule has 1 aliphatic rings. The van der Waals surface area contributed by atoms with Gasteiger partial charge in [0.05, 0.1) is 12.6 Å². The lowest BCUT2D eigenvalue weighted by Crippen LogP contribution is -2.19. The third-order valence-electron chi connectivity index (χ3n) is 2.75. The minimum Gasteiger partial charge on any atom is -0.497 e. The number of pyridine rings is 1. The van der Waals surface area contributed by atoms with Crippen LogP contribution in [-0.2, 0) is 5.54 Å². The van der Waals surface area contributed by atoms with Crippen molar-refractivity contribution in [3.63, 3.8) is 0 Å². The molecule has 3 nitrogen and oxygen atoms in total. The number of aromatic nitrogens is 1. The standard InChI is InChI=1S/C13H14N2O/c1-16-9-7-11(13(14)4-5-13)10-3-2-6-15-12(10)8-9/h2-3,6-8H,4-5,14H2,1H3/i4D2,5D2. The molecule has 16 heavy (non-hydrogen) atoms. The minimum absolute atomic E-state index is 0.384. The van der Waals surface area contributed by atoms with E-state index in [0.717, 1.165) is 0 Å². The van der Waals surface area contributed by atoms with Gasteiger partial charge >= 0.3 is 0 Å². The maximum atomic E-state index is 7.85. The molecule has 0 aliphatic heterocycles. The first-order valence-electron chi connectivity index (χ1n) is 6.99. The Kier molecular flexibility index (Phi) is 1.24. The molecular formula is C13H14N2O. The van der Waals surface area contributed by atoms with E-state index in [2.05, 4.69) is 4.98 Å². The second-order valence-electron chi connectivity index (χ2n) is 3.80. The highest BCUT2D eigenvalue weighted by atomic mass is 16.5. The molecule has 0 bridgehead atoms. The van der Waals surface area contributed by atoms with Crippen LogP contribution in [-0.4, -0.2) is 12.1 Å². The van der Waals surface area contributed by atoms with Crippen molar-refractivity contribution in [2.45, 2.75) is 18.3 Å². The average Bonchev–Trinajstić information content (AvgIpc) is 2.75. The number of nitrogens with two attached hydrogens (primary N) is 1. The maximum absolute atomic E-state index is 7.85. The van der Waals surface area contributed by atoms with E-state index in [1.165, 1.54) is 7.11 Å². The van der Waals surface area contributed by atoms with Crippen molar-refractivity contribution in [1.82, 2.24) is 4.98 Å². The normalized spacial score (nSPS) is 27.4. The lowest BCUT2D eigenvalue weighted by Gasteiger charge is -2.14. The zero-order valence-corrected chi connectivity index (χ0v) is 8.82. The molecule has 1 aromatic heterocycles. The monoisotopic (exact) mass is 218 g/mol. The molecule has 2 aromatic rings. The van der Waals surface area contributed by atoms with Gasteiger partial charge in [-0.15, -0.1) is 0 Å². The van der Waals surface area contributed by atoms with Gasteiger partial charge in [-0.2, -0.15) is 0 Å². The molecule has 1 saturated carbocycles. The van der Waals surface area contributed by atoms with Crippen molar-refractivity contribution in [3.05, 3.63) is 36.0 Å². The van der Waals surface area contributed by atoms with Crippen LogP contribution in [0.4, 0.5) is 0 Å². The van der Waals surface area contributed by atoms with Gasteiger partial charge < -0.3 is 10.5 Å². The topological polar surface area (TPSA) is 48.1 Å². The number of rotatable bonds is 2. The lowest BCUT2D eigenvalue weighted by atomic mass is 9.99. The van der Waals surface area contributed by atoms with Gasteiger partial charge in [-0.1, -0.05) is 6.07 Å². The Morgan fingerprint density at radius 3 is 3.00 bits per heavy atom. The highest BCUT2D eigenvalue weighted by Crippen LogP contribution is 2.46. The smallest absolute Gasteiger partial charge is 0.121 e. The molecular weight excluding hydrogens is 200 g/mol. The summed E-state index contributed by atoms with van der Waals surface area (Å²) in [5, 5.41) is 0.640. The Morgan fingerprint density at radius 2 is 2.31 bits per heavy atom. The van der Waals surface area contributed by atoms with Crippen molar-refractivity contribution in [1.29, 1.82) is 0 Å². The summed E-state index contributed by atoms with van der Waals surface area (Å²) in [5.41, 5.74) is 5.37. The average molecular weight is 218 g/mol. The molecule has 0 spiro atoms. The van der Waals surface area contributed by atoms with E-state index in [0.29, 0.717) is 22.2 Å². The predicted molar refractivity (Wildman–Crippen MR) is 63.4 cm³/mol. The Hall–Kier alpha value is -1.61. The van der Waals surface area contributed by atoms with Crippen molar-refractivity contribution >= 4 is 10.9 Å². The Morgan fingerprint density at radius 1 is 1.50 bits per heavy atom. The lowest BCUT2D eigenvalue weighted by molar-refractivity contribution is 0.414. The van der Waals surface area contributed by atoms with Gasteiger partial charge in [0.15, 0.2) is 0 Å². The van der Waals surface area contributed by atoms with E-state index in [1.54, 1.807) is 30.5 Å². The van der Waals surface area contributed by atoms with Gasteiger partial charge in [0.25, 0.3) is 0 Å². The molecule has 1 fully saturated rings. The fraction of sp³-hybridized carbons (Fsp3) is 0.308. The van der Waals surface area contributed by atoms with Gasteiger partial charge in [0.2, 0.25) is 0 Å². The van der Waals surface area contributed by atoms with Gasteiger partial charge in [0.1, 0.15) is 5.75 Å². The molecule has 3 heteroatoms. The molecule has 2 N–H and O–H groups in total. The largest absolute Gasteiger partial charge is 0.497 e. The SMILES string of the molecule is [2H]C1([2H])C([2H])([2H])C1(N)c1cc(OC)cc2ncccc12. The number of hydrogen-bond acceptors (Lipinski definition) is 3. The van der Waals surface area contributed by atoms with E-state index in [1.807, 2.05) is 0 Å². The first kappa shape index (κ1) is 6.21. The van der Waals surface area contributed by atoms with E-state index in [9.17, 15) is 0 Å². The highest BCUT2D eigenvalue weighted by Gasteiger charge is 2.41. The molecule has 0 unspecified atom stereocenters. The van der Waals surface area contributed by atoms with Crippen LogP contribution in [0.15, 0.2) is 30.5 Å². The van der Waals surface area contributed by atoms with Crippen LogP contribution in [0.25, 0.3) is 10.9 Å². The molecule has 0 saturated heterocycles. The molecule has 0 amide bonds. The summed E-state index contributed by atoms with van der Waals surface area (Å²) in [6, 6.07) is 6.79. The van der Waals surface area contributed by atoms with Gasteiger partial charge in [-0.05, 0) is 30.4 Å². The van der Waals surface area contributed by atoms with Crippen molar-refractivity contribution < 1.29 is 10.2 Å². The Bertz CT molecular complexity index is 688. The summed E-state index contributed by atoms with van der Waals surface area (Å²) in [6.45, 7) is 0. The maximum Gasteiger partial charge on any atom is 0.121 e. The summed E-state index contributed by atoms with van der Waals surface area (Å²) in [5.74, 6) is 0.481. The van der Waals surface area contributed by atoms with E-state index < -0.39 is 18.3 Å². The summed E-state index contributed by atoms with van der Waals surface area (Å²) >= 11 is 0. The van der Waals surface area contributed by atoms with Crippen LogP contribution in [0.3, 0.4) is 0 Å². The number of fused-ring (bicyclic) bond motifs is 1. The van der Waals surface area contributed by atoms with Crippen molar-refractivity contribution in [2.24, 2.45) is 5.73 Å². The first-order chi connectivity index (χ1) is 9.27. The number of methoxy groups -OCH3 is 1. The molecule has 0 atom stereocenters. The third kappa shape index (κ3) is 1.36. The van der Waals surface area contributed by atoms with E-state index >= 15 is 0 Å². The second-order valence-corrected chi connectivity index (χ2v) is 3.80. The van der Waals surface area contributed by atoms with Gasteiger partial charge in [-0.25, -0.2) is 0 Å². The number of benzene rings is 1. The number of hydrogen-bond donors (Lipinski definition) is 1. The van der Waals surface area contributed by atoms with E-state index in [-0.39, 0.29) is 0 Å². The summed E-state index contributed by atoms with van der Waals surface area (Å²) in [4.78, 5) is 4.21. The molecule has 1 aromatic carbocycles. The van der Waals surface area contributed by atoms with Crippen LogP contribution in [0.2, 0.25) is 0 Å². The molecule has 1 aliphatic carbocycles. The van der Waals surface area contributed by atoms with Crippen molar-refractivity contribution in [2.75, 3.05) is 7.11 Å². The first-order valence-corrected chi connectivity index (χ1v) is 4.99. The fourth-order valence-electron chi connectivity index (χ4n) is 1.80. The predicted octanol–water partition coefficient (Wildman–Crippen LogP) is 2.19. The van der Waals surface area contributed by atoms with Crippen LogP contribution in [0.5, 0.6) is 5.75 Å². The number of nitrogens with zero attached hydrogens (tertiary/aromatic N) is 1. The van der Waals surface area contributed by atoms with Gasteiger partial charge in [-0.3, -0.25) is 4.98 Å². The zero-order valence-electron chi connectivity index (χ0n) is 12.8. The number of ether oxygens (including phenoxy) is 1. The zero-order chi connectivity index (χ0) is 14.8. The van der Waals surface area contributed by atoms with Crippen LogP contribution < -0.4 is 10.5 Å². The third-order valence-corrected chi connectivity index (χ3v) is 2.75. The van der Waals surface area contributed by atoms with Gasteiger partial charge in [0, 0.05) is 28.7 Å². The molecule has 3 rings (SSSR count). The molecule has 0 radical (unpaired) electrons. The second kappa shape index (κ2) is 3.19. The van der Waals surface area contributed by atoms with E-state index in [4.69, 9.17) is 16.0 Å². The minimum atomic E-state index is -2.13. The quantitative estimate of drug-likeness (QED) is 0.840. The highest BCUT2D eigenvalue weighted by molar-refractivity contribution is 5.85. The summed E-state index contributed by atoms with van der Waals surface area (Å²) in [6.07, 6.45) is -2.64. The molecule has 1 heterocycles. The summed E-state index contributed by atoms with van der Waals surface area (Å²) in [7, 11) is 1.49. The van der Waals surface area contributed by atoms with Crippen molar-refractivity contribution in [3.8, 4) is 5.75 Å². The fourth-order valence-corrected chi connectivity index (χ4v) is 1.80. The Labute approximate surface area is 99.9 Å². The van der Waals surface area contributed by atoms with Crippen LogP contribution in [0.1, 0.15) is 23.8 Å². The van der Waals surface area contributed by atoms with Crippen LogP contribution >= 0.6 is 0 Å². The Balaban J connectivity index is 2.33.